The van der Waals surface area contributed by atoms with Crippen LogP contribution in [0.3, 0.4) is 0 Å². The molecule has 6 heteroatoms. The standard InChI is InChI=1S/C22H21N5O/c23-11-16-20(15-4-5-18-14(10-15)6-8-25-18)17-12-27(22(28)13-2-1-3-13)9-7-19(17)26-21(16)24/h4-6,8,10,13,25H,1-3,7,9,12H2,(H2,24,26). The molecule has 0 bridgehead atoms. The van der Waals surface area contributed by atoms with E-state index < -0.39 is 0 Å². The first-order valence-electron chi connectivity index (χ1n) is 9.73. The molecule has 0 unspecified atom stereocenters. The number of amides is 1. The number of carbonyl (C=O) groups is 1. The molecule has 6 nitrogen and oxygen atoms in total. The molecule has 1 fully saturated rings. The van der Waals surface area contributed by atoms with Crippen molar-refractivity contribution >= 4 is 22.6 Å². The molecule has 0 saturated heterocycles. The maximum absolute atomic E-state index is 12.8. The average molecular weight is 371 g/mol. The van der Waals surface area contributed by atoms with Crippen molar-refractivity contribution in [2.75, 3.05) is 12.3 Å². The van der Waals surface area contributed by atoms with Crippen molar-refractivity contribution in [1.29, 1.82) is 5.26 Å². The van der Waals surface area contributed by atoms with Crippen LogP contribution < -0.4 is 5.73 Å². The Bertz CT molecular complexity index is 1140. The minimum Gasteiger partial charge on any atom is -0.383 e. The number of anilines is 1. The number of rotatable bonds is 2. The van der Waals surface area contributed by atoms with E-state index in [0.29, 0.717) is 25.1 Å². The summed E-state index contributed by atoms with van der Waals surface area (Å²) in [6.45, 7) is 1.16. The lowest BCUT2D eigenvalue weighted by Crippen LogP contribution is -2.42. The van der Waals surface area contributed by atoms with Crippen LogP contribution in [0.4, 0.5) is 5.82 Å². The van der Waals surface area contributed by atoms with Crippen LogP contribution in [0.1, 0.15) is 36.1 Å². The molecule has 2 aliphatic rings. The summed E-state index contributed by atoms with van der Waals surface area (Å²) in [5, 5.41) is 10.9. The zero-order valence-corrected chi connectivity index (χ0v) is 15.5. The minimum atomic E-state index is 0.165. The molecule has 28 heavy (non-hydrogen) atoms. The summed E-state index contributed by atoms with van der Waals surface area (Å²) in [6.07, 6.45) is 5.68. The quantitative estimate of drug-likeness (QED) is 0.721. The highest BCUT2D eigenvalue weighted by Crippen LogP contribution is 2.37. The number of aromatic amines is 1. The number of aromatic nitrogens is 2. The van der Waals surface area contributed by atoms with Crippen molar-refractivity contribution in [2.45, 2.75) is 32.2 Å². The van der Waals surface area contributed by atoms with E-state index in [1.165, 1.54) is 0 Å². The largest absolute Gasteiger partial charge is 0.383 e. The predicted molar refractivity (Wildman–Crippen MR) is 107 cm³/mol. The van der Waals surface area contributed by atoms with E-state index in [9.17, 15) is 10.1 Å². The van der Waals surface area contributed by atoms with Gasteiger partial charge in [-0.1, -0.05) is 12.5 Å². The monoisotopic (exact) mass is 371 g/mol. The van der Waals surface area contributed by atoms with Crippen LogP contribution >= 0.6 is 0 Å². The Balaban J connectivity index is 1.64. The number of nitrogens with two attached hydrogens (primary N) is 1. The molecular formula is C22H21N5O. The smallest absolute Gasteiger partial charge is 0.225 e. The lowest BCUT2D eigenvalue weighted by Gasteiger charge is -2.35. The van der Waals surface area contributed by atoms with Gasteiger partial charge >= 0.3 is 0 Å². The number of nitrogens with one attached hydrogen (secondary N) is 1. The van der Waals surface area contributed by atoms with Gasteiger partial charge in [-0.05, 0) is 42.0 Å². The first kappa shape index (κ1) is 16.8. The van der Waals surface area contributed by atoms with Gasteiger partial charge in [-0.25, -0.2) is 4.98 Å². The van der Waals surface area contributed by atoms with Crippen molar-refractivity contribution in [2.24, 2.45) is 5.92 Å². The summed E-state index contributed by atoms with van der Waals surface area (Å²) < 4.78 is 0. The maximum atomic E-state index is 12.8. The van der Waals surface area contributed by atoms with E-state index in [0.717, 1.165) is 52.5 Å². The summed E-state index contributed by atoms with van der Waals surface area (Å²) in [6, 6.07) is 10.3. The zero-order valence-electron chi connectivity index (χ0n) is 15.5. The van der Waals surface area contributed by atoms with E-state index in [-0.39, 0.29) is 17.6 Å². The second-order valence-electron chi connectivity index (χ2n) is 7.70. The van der Waals surface area contributed by atoms with Gasteiger partial charge in [-0.2, -0.15) is 5.26 Å². The van der Waals surface area contributed by atoms with Crippen molar-refractivity contribution in [3.05, 3.63) is 47.3 Å². The minimum absolute atomic E-state index is 0.165. The van der Waals surface area contributed by atoms with Crippen molar-refractivity contribution in [1.82, 2.24) is 14.9 Å². The fourth-order valence-electron chi connectivity index (χ4n) is 4.32. The third-order valence-electron chi connectivity index (χ3n) is 6.10. The van der Waals surface area contributed by atoms with E-state index in [2.05, 4.69) is 22.1 Å². The summed E-state index contributed by atoms with van der Waals surface area (Å²) in [7, 11) is 0. The average Bonchev–Trinajstić information content (AvgIpc) is 3.12. The number of H-pyrrole nitrogens is 1. The number of nitrogen functional groups attached to an aromatic ring is 1. The van der Waals surface area contributed by atoms with Crippen LogP contribution in [-0.4, -0.2) is 27.3 Å². The molecule has 1 aliphatic heterocycles. The van der Waals surface area contributed by atoms with Crippen LogP contribution in [0.2, 0.25) is 0 Å². The van der Waals surface area contributed by atoms with E-state index in [1.54, 1.807) is 0 Å². The van der Waals surface area contributed by atoms with Gasteiger partial charge in [0, 0.05) is 48.3 Å². The number of fused-ring (bicyclic) bond motifs is 2. The van der Waals surface area contributed by atoms with Crippen molar-refractivity contribution in [3.63, 3.8) is 0 Å². The van der Waals surface area contributed by atoms with Gasteiger partial charge < -0.3 is 15.6 Å². The van der Waals surface area contributed by atoms with Gasteiger partial charge in [0.2, 0.25) is 5.91 Å². The maximum Gasteiger partial charge on any atom is 0.225 e. The molecule has 1 amide bonds. The SMILES string of the molecule is N#Cc1c(N)nc2c(c1-c1ccc3[nH]ccc3c1)CN(C(=O)C1CCC1)CC2. The van der Waals surface area contributed by atoms with E-state index in [4.69, 9.17) is 5.73 Å². The number of hydrogen-bond acceptors (Lipinski definition) is 4. The summed E-state index contributed by atoms with van der Waals surface area (Å²) in [5.74, 6) is 0.668. The number of hydrogen-bond donors (Lipinski definition) is 2. The second kappa shape index (κ2) is 6.38. The van der Waals surface area contributed by atoms with Gasteiger partial charge in [0.05, 0.1) is 5.69 Å². The van der Waals surface area contributed by atoms with Crippen LogP contribution in [0.25, 0.3) is 22.0 Å². The number of pyridine rings is 1. The molecule has 1 saturated carbocycles. The first-order valence-corrected chi connectivity index (χ1v) is 9.73. The first-order chi connectivity index (χ1) is 13.7. The molecule has 0 radical (unpaired) electrons. The molecule has 1 aromatic carbocycles. The van der Waals surface area contributed by atoms with Gasteiger partial charge in [0.25, 0.3) is 0 Å². The molecule has 0 spiro atoms. The Morgan fingerprint density at radius 3 is 2.93 bits per heavy atom. The van der Waals surface area contributed by atoms with Gasteiger partial charge in [-0.15, -0.1) is 0 Å². The molecule has 2 aromatic heterocycles. The summed E-state index contributed by atoms with van der Waals surface area (Å²) in [4.78, 5) is 22.4. The summed E-state index contributed by atoms with van der Waals surface area (Å²) >= 11 is 0. The van der Waals surface area contributed by atoms with Crippen LogP contribution in [0.5, 0.6) is 0 Å². The fraction of sp³-hybridized carbons (Fsp3) is 0.318. The van der Waals surface area contributed by atoms with Gasteiger partial charge in [-0.3, -0.25) is 4.79 Å². The van der Waals surface area contributed by atoms with Crippen LogP contribution in [0.15, 0.2) is 30.5 Å². The van der Waals surface area contributed by atoms with Crippen molar-refractivity contribution < 1.29 is 4.79 Å². The highest BCUT2D eigenvalue weighted by Gasteiger charge is 2.33. The third-order valence-corrected chi connectivity index (χ3v) is 6.10. The lowest BCUT2D eigenvalue weighted by molar-refractivity contribution is -0.139. The van der Waals surface area contributed by atoms with E-state index >= 15 is 0 Å². The molecule has 3 aromatic rings. The normalized spacial score (nSPS) is 16.5. The molecule has 140 valence electrons. The van der Waals surface area contributed by atoms with Crippen molar-refractivity contribution in [3.8, 4) is 17.2 Å². The number of benzene rings is 1. The number of nitrogens with zero attached hydrogens (tertiary/aromatic N) is 3. The number of nitriles is 1. The fourth-order valence-corrected chi connectivity index (χ4v) is 4.32. The zero-order chi connectivity index (χ0) is 19.3. The second-order valence-corrected chi connectivity index (χ2v) is 7.70. The Kier molecular flexibility index (Phi) is 3.83. The predicted octanol–water partition coefficient (Wildman–Crippen LogP) is 3.37. The molecule has 1 aliphatic carbocycles. The molecule has 0 atom stereocenters. The lowest BCUT2D eigenvalue weighted by atomic mass is 9.83. The molecule has 3 heterocycles. The highest BCUT2D eigenvalue weighted by molar-refractivity contribution is 5.89. The van der Waals surface area contributed by atoms with Gasteiger partial charge in [0.1, 0.15) is 17.5 Å². The number of carbonyl (C=O) groups excluding carboxylic acids is 1. The van der Waals surface area contributed by atoms with E-state index in [1.807, 2.05) is 29.3 Å². The molecule has 5 rings (SSSR count). The van der Waals surface area contributed by atoms with Gasteiger partial charge in [0.15, 0.2) is 0 Å². The molecular weight excluding hydrogens is 350 g/mol. The highest BCUT2D eigenvalue weighted by atomic mass is 16.2. The topological polar surface area (TPSA) is 98.8 Å². The van der Waals surface area contributed by atoms with Crippen LogP contribution in [-0.2, 0) is 17.8 Å². The Hall–Kier alpha value is -3.33. The Morgan fingerprint density at radius 2 is 2.18 bits per heavy atom. The molecule has 3 N–H and O–H groups in total. The summed E-state index contributed by atoms with van der Waals surface area (Å²) in [5.41, 5.74) is 11.2. The third kappa shape index (κ3) is 2.55. The van der Waals surface area contributed by atoms with Crippen LogP contribution in [0, 0.1) is 17.2 Å². The Morgan fingerprint density at radius 1 is 1.32 bits per heavy atom. The Labute approximate surface area is 163 Å².